The molecule has 1 aliphatic heterocycles. The molecular weight excluding hydrogens is 325 g/mol. The number of carbonyl (C=O) groups is 1. The molecule has 3 rings (SSSR count). The number of carboxylic acid groups (broad SMARTS) is 1. The van der Waals surface area contributed by atoms with Crippen molar-refractivity contribution in [1.82, 2.24) is 9.97 Å². The molecule has 1 saturated heterocycles. The minimum Gasteiger partial charge on any atom is -0.481 e. The SMILES string of the molecule is COCc1cc(N2CCCC(C(=O)O)C2)nc(-c2ccc(F)cc2)n1. The third-order valence-electron chi connectivity index (χ3n) is 4.25. The Hall–Kier alpha value is -2.54. The second-order valence-corrected chi connectivity index (χ2v) is 6.10. The number of piperidine rings is 1. The van der Waals surface area contributed by atoms with Gasteiger partial charge in [0.05, 0.1) is 18.2 Å². The van der Waals surface area contributed by atoms with Crippen molar-refractivity contribution in [1.29, 1.82) is 0 Å². The Morgan fingerprint density at radius 2 is 2.12 bits per heavy atom. The van der Waals surface area contributed by atoms with E-state index in [1.54, 1.807) is 19.2 Å². The molecule has 7 heteroatoms. The summed E-state index contributed by atoms with van der Waals surface area (Å²) in [5.74, 6) is -0.356. The normalized spacial score (nSPS) is 17.5. The molecule has 0 bridgehead atoms. The van der Waals surface area contributed by atoms with Gasteiger partial charge in [0, 0.05) is 31.8 Å². The summed E-state index contributed by atoms with van der Waals surface area (Å²) >= 11 is 0. The third-order valence-corrected chi connectivity index (χ3v) is 4.25. The zero-order chi connectivity index (χ0) is 17.8. The summed E-state index contributed by atoms with van der Waals surface area (Å²) in [6.07, 6.45) is 1.47. The number of methoxy groups -OCH3 is 1. The summed E-state index contributed by atoms with van der Waals surface area (Å²) in [6.45, 7) is 1.48. The summed E-state index contributed by atoms with van der Waals surface area (Å²) < 4.78 is 18.3. The van der Waals surface area contributed by atoms with Crippen LogP contribution in [0.1, 0.15) is 18.5 Å². The van der Waals surface area contributed by atoms with Gasteiger partial charge in [0.15, 0.2) is 5.82 Å². The van der Waals surface area contributed by atoms with Gasteiger partial charge in [-0.15, -0.1) is 0 Å². The molecular formula is C18H20FN3O3. The highest BCUT2D eigenvalue weighted by Crippen LogP contribution is 2.25. The van der Waals surface area contributed by atoms with Crippen LogP contribution in [-0.2, 0) is 16.1 Å². The number of benzene rings is 1. The maximum absolute atomic E-state index is 13.2. The van der Waals surface area contributed by atoms with E-state index in [2.05, 4.69) is 9.97 Å². The molecule has 1 atom stereocenters. The maximum Gasteiger partial charge on any atom is 0.308 e. The first-order valence-corrected chi connectivity index (χ1v) is 8.17. The van der Waals surface area contributed by atoms with Gasteiger partial charge in [-0.2, -0.15) is 0 Å². The lowest BCUT2D eigenvalue weighted by atomic mass is 9.98. The Labute approximate surface area is 145 Å². The molecule has 132 valence electrons. The van der Waals surface area contributed by atoms with Gasteiger partial charge in [0.2, 0.25) is 0 Å². The number of halogens is 1. The number of carboxylic acids is 1. The third kappa shape index (κ3) is 4.11. The molecule has 0 spiro atoms. The first-order chi connectivity index (χ1) is 12.1. The van der Waals surface area contributed by atoms with Crippen LogP contribution in [0.4, 0.5) is 10.2 Å². The number of aromatic nitrogens is 2. The Balaban J connectivity index is 1.95. The van der Waals surface area contributed by atoms with Gasteiger partial charge >= 0.3 is 5.97 Å². The maximum atomic E-state index is 13.2. The molecule has 1 fully saturated rings. The number of rotatable bonds is 5. The molecule has 6 nitrogen and oxygen atoms in total. The summed E-state index contributed by atoms with van der Waals surface area (Å²) in [6, 6.07) is 7.80. The minimum atomic E-state index is -0.783. The molecule has 0 radical (unpaired) electrons. The zero-order valence-electron chi connectivity index (χ0n) is 14.0. The fraction of sp³-hybridized carbons (Fsp3) is 0.389. The Morgan fingerprint density at radius 3 is 2.80 bits per heavy atom. The standard InChI is InChI=1S/C18H20FN3O3/c1-25-11-15-9-16(22-8-2-3-13(10-22)18(23)24)21-17(20-15)12-4-6-14(19)7-5-12/h4-7,9,13H,2-3,8,10-11H2,1H3,(H,23,24). The lowest BCUT2D eigenvalue weighted by Gasteiger charge is -2.32. The van der Waals surface area contributed by atoms with Crippen molar-refractivity contribution in [2.45, 2.75) is 19.4 Å². The Kier molecular flexibility index (Phi) is 5.23. The summed E-state index contributed by atoms with van der Waals surface area (Å²) in [4.78, 5) is 22.3. The largest absolute Gasteiger partial charge is 0.481 e. The van der Waals surface area contributed by atoms with E-state index in [-0.39, 0.29) is 5.82 Å². The highest BCUT2D eigenvalue weighted by atomic mass is 19.1. The first kappa shape index (κ1) is 17.3. The number of aliphatic carboxylic acids is 1. The molecule has 0 amide bonds. The molecule has 2 aromatic rings. The molecule has 1 aromatic heterocycles. The monoisotopic (exact) mass is 345 g/mol. The number of nitrogens with zero attached hydrogens (tertiary/aromatic N) is 3. The molecule has 1 aromatic carbocycles. The van der Waals surface area contributed by atoms with Gasteiger partial charge in [-0.3, -0.25) is 4.79 Å². The van der Waals surface area contributed by atoms with Crippen molar-refractivity contribution in [2.24, 2.45) is 5.92 Å². The number of hydrogen-bond acceptors (Lipinski definition) is 5. The van der Waals surface area contributed by atoms with Gasteiger partial charge in [0.1, 0.15) is 11.6 Å². The molecule has 25 heavy (non-hydrogen) atoms. The second kappa shape index (κ2) is 7.57. The summed E-state index contributed by atoms with van der Waals surface area (Å²) in [5, 5.41) is 9.29. The van der Waals surface area contributed by atoms with Gasteiger partial charge in [0.25, 0.3) is 0 Å². The van der Waals surface area contributed by atoms with Crippen LogP contribution in [0, 0.1) is 11.7 Å². The van der Waals surface area contributed by atoms with Crippen molar-refractivity contribution in [3.63, 3.8) is 0 Å². The molecule has 0 saturated carbocycles. The van der Waals surface area contributed by atoms with Crippen molar-refractivity contribution in [3.8, 4) is 11.4 Å². The van der Waals surface area contributed by atoms with E-state index < -0.39 is 11.9 Å². The van der Waals surface area contributed by atoms with Crippen LogP contribution >= 0.6 is 0 Å². The van der Waals surface area contributed by atoms with E-state index in [0.29, 0.717) is 42.5 Å². The van der Waals surface area contributed by atoms with Crippen LogP contribution < -0.4 is 4.90 Å². The highest BCUT2D eigenvalue weighted by molar-refractivity contribution is 5.71. The summed E-state index contributed by atoms with van der Waals surface area (Å²) in [5.41, 5.74) is 1.40. The number of anilines is 1. The van der Waals surface area contributed by atoms with E-state index in [1.807, 2.05) is 11.0 Å². The van der Waals surface area contributed by atoms with Crippen molar-refractivity contribution in [3.05, 3.63) is 41.8 Å². The molecule has 1 aliphatic rings. The smallest absolute Gasteiger partial charge is 0.308 e. The van der Waals surface area contributed by atoms with Crippen molar-refractivity contribution >= 4 is 11.8 Å². The quantitative estimate of drug-likeness (QED) is 0.898. The van der Waals surface area contributed by atoms with Gasteiger partial charge < -0.3 is 14.7 Å². The molecule has 0 aliphatic carbocycles. The first-order valence-electron chi connectivity index (χ1n) is 8.17. The van der Waals surface area contributed by atoms with Crippen molar-refractivity contribution < 1.29 is 19.0 Å². The fourth-order valence-corrected chi connectivity index (χ4v) is 2.98. The Bertz CT molecular complexity index is 752. The minimum absolute atomic E-state index is 0.319. The van der Waals surface area contributed by atoms with Crippen LogP contribution in [0.15, 0.2) is 30.3 Å². The lowest BCUT2D eigenvalue weighted by molar-refractivity contribution is -0.141. The summed E-state index contributed by atoms with van der Waals surface area (Å²) in [7, 11) is 1.58. The van der Waals surface area contributed by atoms with Crippen LogP contribution in [0.25, 0.3) is 11.4 Å². The van der Waals surface area contributed by atoms with E-state index >= 15 is 0 Å². The van der Waals surface area contributed by atoms with Crippen LogP contribution in [-0.4, -0.2) is 41.2 Å². The van der Waals surface area contributed by atoms with E-state index in [4.69, 9.17) is 4.74 Å². The van der Waals surface area contributed by atoms with Crippen molar-refractivity contribution in [2.75, 3.05) is 25.1 Å². The molecule has 1 N–H and O–H groups in total. The van der Waals surface area contributed by atoms with Crippen LogP contribution in [0.2, 0.25) is 0 Å². The fourth-order valence-electron chi connectivity index (χ4n) is 2.98. The molecule has 1 unspecified atom stereocenters. The second-order valence-electron chi connectivity index (χ2n) is 6.10. The van der Waals surface area contributed by atoms with Gasteiger partial charge in [-0.1, -0.05) is 0 Å². The highest BCUT2D eigenvalue weighted by Gasteiger charge is 2.26. The molecule has 2 heterocycles. The van der Waals surface area contributed by atoms with Gasteiger partial charge in [-0.05, 0) is 37.1 Å². The zero-order valence-corrected chi connectivity index (χ0v) is 14.0. The van der Waals surface area contributed by atoms with Gasteiger partial charge in [-0.25, -0.2) is 14.4 Å². The average molecular weight is 345 g/mol. The van der Waals surface area contributed by atoms with E-state index in [1.165, 1.54) is 12.1 Å². The predicted octanol–water partition coefficient (Wildman–Crippen LogP) is 2.73. The number of hydrogen-bond donors (Lipinski definition) is 1. The van der Waals surface area contributed by atoms with E-state index in [9.17, 15) is 14.3 Å². The van der Waals surface area contributed by atoms with E-state index in [0.717, 1.165) is 13.0 Å². The Morgan fingerprint density at radius 1 is 1.36 bits per heavy atom. The number of ether oxygens (including phenoxy) is 1. The lowest BCUT2D eigenvalue weighted by Crippen LogP contribution is -2.39. The van der Waals surface area contributed by atoms with Crippen LogP contribution in [0.3, 0.4) is 0 Å². The average Bonchev–Trinajstić information content (AvgIpc) is 2.62. The topological polar surface area (TPSA) is 75.5 Å². The predicted molar refractivity (Wildman–Crippen MR) is 90.7 cm³/mol. The van der Waals surface area contributed by atoms with Crippen LogP contribution in [0.5, 0.6) is 0 Å².